The molecule has 0 aromatic heterocycles. The first-order valence-corrected chi connectivity index (χ1v) is 6.04. The van der Waals surface area contributed by atoms with E-state index in [1.165, 1.54) is 11.0 Å². The van der Waals surface area contributed by atoms with E-state index in [-0.39, 0.29) is 18.3 Å². The van der Waals surface area contributed by atoms with Crippen LogP contribution in [0.3, 0.4) is 0 Å². The smallest absolute Gasteiger partial charge is 0.323 e. The predicted octanol–water partition coefficient (Wildman–Crippen LogP) is 2.66. The van der Waals surface area contributed by atoms with Gasteiger partial charge in [0, 0.05) is 16.6 Å². The average Bonchev–Trinajstić information content (AvgIpc) is 2.25. The van der Waals surface area contributed by atoms with Gasteiger partial charge in [-0.2, -0.15) is 0 Å². The Kier molecular flexibility index (Phi) is 4.66. The van der Waals surface area contributed by atoms with Gasteiger partial charge < -0.3 is 10.0 Å². The number of carbonyl (C=O) groups is 1. The maximum absolute atomic E-state index is 11.0. The zero-order chi connectivity index (χ0) is 13.9. The Hall–Kier alpha value is -1.63. The Bertz CT molecular complexity index is 476. The van der Waals surface area contributed by atoms with Gasteiger partial charge in [0.25, 0.3) is 5.69 Å². The number of hydrogen-bond acceptors (Lipinski definition) is 4. The number of nitro groups is 1. The van der Waals surface area contributed by atoms with E-state index in [0.29, 0.717) is 10.2 Å². The topological polar surface area (TPSA) is 83.7 Å². The summed E-state index contributed by atoms with van der Waals surface area (Å²) in [6, 6.07) is 4.41. The van der Waals surface area contributed by atoms with Gasteiger partial charge >= 0.3 is 5.97 Å². The van der Waals surface area contributed by atoms with Crippen molar-refractivity contribution in [2.45, 2.75) is 19.9 Å². The number of aliphatic carboxylic acids is 1. The number of rotatable bonds is 5. The first kappa shape index (κ1) is 14.4. The van der Waals surface area contributed by atoms with Gasteiger partial charge in [-0.05, 0) is 26.0 Å². The number of hydrogen-bond donors (Lipinski definition) is 1. The molecule has 0 aliphatic rings. The van der Waals surface area contributed by atoms with Crippen LogP contribution in [-0.2, 0) is 4.79 Å². The van der Waals surface area contributed by atoms with Gasteiger partial charge in [-0.3, -0.25) is 14.9 Å². The van der Waals surface area contributed by atoms with Gasteiger partial charge in [0.15, 0.2) is 0 Å². The van der Waals surface area contributed by atoms with Crippen LogP contribution in [0.4, 0.5) is 11.4 Å². The third kappa shape index (κ3) is 3.43. The van der Waals surface area contributed by atoms with Crippen LogP contribution >= 0.6 is 15.9 Å². The van der Waals surface area contributed by atoms with Gasteiger partial charge in [-0.15, -0.1) is 0 Å². The number of carboxylic acids is 1. The number of carboxylic acid groups (broad SMARTS) is 1. The first-order valence-electron chi connectivity index (χ1n) is 5.25. The Balaban J connectivity index is 3.27. The third-order valence-corrected chi connectivity index (χ3v) is 2.87. The zero-order valence-electron chi connectivity index (χ0n) is 9.96. The lowest BCUT2D eigenvalue weighted by molar-refractivity contribution is -0.384. The summed E-state index contributed by atoms with van der Waals surface area (Å²) in [5.41, 5.74) is 0.194. The molecule has 7 heteroatoms. The summed E-state index contributed by atoms with van der Waals surface area (Å²) in [6.07, 6.45) is 0. The molecule has 1 N–H and O–H groups in total. The molecule has 0 amide bonds. The fourth-order valence-electron chi connectivity index (χ4n) is 1.58. The second-order valence-electron chi connectivity index (χ2n) is 4.01. The highest BCUT2D eigenvalue weighted by molar-refractivity contribution is 9.10. The Morgan fingerprint density at radius 1 is 1.56 bits per heavy atom. The van der Waals surface area contributed by atoms with Crippen LogP contribution in [0, 0.1) is 10.1 Å². The molecule has 0 aliphatic heterocycles. The van der Waals surface area contributed by atoms with Gasteiger partial charge in [-0.1, -0.05) is 15.9 Å². The Morgan fingerprint density at radius 3 is 2.61 bits per heavy atom. The number of nitro benzene ring substituents is 1. The van der Waals surface area contributed by atoms with Crippen molar-refractivity contribution in [1.29, 1.82) is 0 Å². The number of nitrogens with zero attached hydrogens (tertiary/aromatic N) is 2. The van der Waals surface area contributed by atoms with Crippen LogP contribution < -0.4 is 4.90 Å². The standard InChI is InChI=1S/C11H13BrN2O4/c1-7(2)13(6-11(15)16)9-4-3-8(12)5-10(9)14(17)18/h3-5,7H,6H2,1-2H3,(H,15,16). The highest BCUT2D eigenvalue weighted by Crippen LogP contribution is 2.32. The highest BCUT2D eigenvalue weighted by atomic mass is 79.9. The molecule has 0 bridgehead atoms. The molecule has 0 atom stereocenters. The maximum atomic E-state index is 11.0. The van der Waals surface area contributed by atoms with Gasteiger partial charge in [0.1, 0.15) is 12.2 Å². The van der Waals surface area contributed by atoms with Crippen LogP contribution in [0.25, 0.3) is 0 Å². The van der Waals surface area contributed by atoms with E-state index in [0.717, 1.165) is 0 Å². The SMILES string of the molecule is CC(C)N(CC(=O)O)c1ccc(Br)cc1[N+](=O)[O-]. The van der Waals surface area contributed by atoms with E-state index in [9.17, 15) is 14.9 Å². The van der Waals surface area contributed by atoms with Crippen LogP contribution in [-0.4, -0.2) is 28.6 Å². The van der Waals surface area contributed by atoms with Crippen molar-refractivity contribution in [3.8, 4) is 0 Å². The summed E-state index contributed by atoms with van der Waals surface area (Å²) in [5.74, 6) is -1.03. The molecule has 1 rings (SSSR count). The predicted molar refractivity (Wildman–Crippen MR) is 70.9 cm³/mol. The van der Waals surface area contributed by atoms with Crippen molar-refractivity contribution in [3.05, 3.63) is 32.8 Å². The number of benzene rings is 1. The molecule has 6 nitrogen and oxygen atoms in total. The molecule has 0 saturated carbocycles. The Morgan fingerprint density at radius 2 is 2.17 bits per heavy atom. The second kappa shape index (κ2) is 5.81. The van der Waals surface area contributed by atoms with Gasteiger partial charge in [0.2, 0.25) is 0 Å². The minimum atomic E-state index is -1.03. The molecule has 98 valence electrons. The van der Waals surface area contributed by atoms with E-state index in [1.807, 2.05) is 0 Å². The van der Waals surface area contributed by atoms with Crippen molar-refractivity contribution >= 4 is 33.3 Å². The summed E-state index contributed by atoms with van der Waals surface area (Å²) >= 11 is 3.16. The molecule has 0 unspecified atom stereocenters. The molecule has 0 spiro atoms. The van der Waals surface area contributed by atoms with Crippen LogP contribution in [0.2, 0.25) is 0 Å². The Labute approximate surface area is 112 Å². The molecule has 0 aliphatic carbocycles. The summed E-state index contributed by atoms with van der Waals surface area (Å²) < 4.78 is 0.581. The average molecular weight is 317 g/mol. The van der Waals surface area contributed by atoms with Crippen LogP contribution in [0.1, 0.15) is 13.8 Å². The molecule has 1 aromatic rings. The van der Waals surface area contributed by atoms with Crippen molar-refractivity contribution in [2.24, 2.45) is 0 Å². The highest BCUT2D eigenvalue weighted by Gasteiger charge is 2.23. The van der Waals surface area contributed by atoms with Crippen molar-refractivity contribution < 1.29 is 14.8 Å². The van der Waals surface area contributed by atoms with E-state index in [2.05, 4.69) is 15.9 Å². The minimum Gasteiger partial charge on any atom is -0.480 e. The lowest BCUT2D eigenvalue weighted by Gasteiger charge is -2.26. The van der Waals surface area contributed by atoms with Crippen molar-refractivity contribution in [1.82, 2.24) is 0 Å². The zero-order valence-corrected chi connectivity index (χ0v) is 11.5. The first-order chi connectivity index (χ1) is 8.32. The second-order valence-corrected chi connectivity index (χ2v) is 4.92. The fraction of sp³-hybridized carbons (Fsp3) is 0.364. The summed E-state index contributed by atoms with van der Waals surface area (Å²) in [4.78, 5) is 22.8. The van der Waals surface area contributed by atoms with Crippen molar-refractivity contribution in [3.63, 3.8) is 0 Å². The van der Waals surface area contributed by atoms with Gasteiger partial charge in [0.05, 0.1) is 4.92 Å². The molecule has 0 saturated heterocycles. The van der Waals surface area contributed by atoms with Crippen LogP contribution in [0.15, 0.2) is 22.7 Å². The molecule has 18 heavy (non-hydrogen) atoms. The summed E-state index contributed by atoms with van der Waals surface area (Å²) in [7, 11) is 0. The summed E-state index contributed by atoms with van der Waals surface area (Å²) in [6.45, 7) is 3.30. The quantitative estimate of drug-likeness (QED) is 0.667. The maximum Gasteiger partial charge on any atom is 0.323 e. The molecule has 0 heterocycles. The molecular weight excluding hydrogens is 304 g/mol. The molecule has 1 aromatic carbocycles. The molecule has 0 radical (unpaired) electrons. The van der Waals surface area contributed by atoms with Gasteiger partial charge in [-0.25, -0.2) is 0 Å². The van der Waals surface area contributed by atoms with Crippen molar-refractivity contribution in [2.75, 3.05) is 11.4 Å². The molecule has 0 fully saturated rings. The fourth-order valence-corrected chi connectivity index (χ4v) is 1.93. The van der Waals surface area contributed by atoms with Crippen LogP contribution in [0.5, 0.6) is 0 Å². The van der Waals surface area contributed by atoms with E-state index in [4.69, 9.17) is 5.11 Å². The van der Waals surface area contributed by atoms with E-state index < -0.39 is 10.9 Å². The number of halogens is 1. The third-order valence-electron chi connectivity index (χ3n) is 2.37. The largest absolute Gasteiger partial charge is 0.480 e. The number of anilines is 1. The van der Waals surface area contributed by atoms with E-state index >= 15 is 0 Å². The lowest BCUT2D eigenvalue weighted by atomic mass is 10.2. The van der Waals surface area contributed by atoms with E-state index in [1.54, 1.807) is 26.0 Å². The summed E-state index contributed by atoms with van der Waals surface area (Å²) in [5, 5.41) is 19.9. The monoisotopic (exact) mass is 316 g/mol. The minimum absolute atomic E-state index is 0.112. The molecular formula is C11H13BrN2O4. The lowest BCUT2D eigenvalue weighted by Crippen LogP contribution is -2.36. The normalized spacial score (nSPS) is 10.4.